The predicted octanol–water partition coefficient (Wildman–Crippen LogP) is 2.33. The molecule has 1 aliphatic heterocycles. The van der Waals surface area contributed by atoms with Gasteiger partial charge in [-0.05, 0) is 33.1 Å². The fraction of sp³-hybridized carbons (Fsp3) is 0.733. The molecular formula is C15H26N4O. The van der Waals surface area contributed by atoms with E-state index in [-0.39, 0.29) is 0 Å². The highest BCUT2D eigenvalue weighted by Gasteiger charge is 2.21. The van der Waals surface area contributed by atoms with Crippen LogP contribution in [0.2, 0.25) is 0 Å². The molecule has 1 unspecified atom stereocenters. The third-order valence-electron chi connectivity index (χ3n) is 3.81. The van der Waals surface area contributed by atoms with E-state index >= 15 is 0 Å². The fourth-order valence-corrected chi connectivity index (χ4v) is 2.61. The monoisotopic (exact) mass is 278 g/mol. The Labute approximate surface area is 121 Å². The van der Waals surface area contributed by atoms with Crippen LogP contribution in [0.15, 0.2) is 0 Å². The summed E-state index contributed by atoms with van der Waals surface area (Å²) in [5.74, 6) is 2.42. The van der Waals surface area contributed by atoms with Crippen molar-refractivity contribution in [3.05, 3.63) is 11.4 Å². The van der Waals surface area contributed by atoms with Crippen molar-refractivity contribution in [2.45, 2.75) is 52.6 Å². The van der Waals surface area contributed by atoms with Crippen LogP contribution in [-0.4, -0.2) is 35.8 Å². The van der Waals surface area contributed by atoms with E-state index in [1.54, 1.807) is 0 Å². The minimum Gasteiger partial charge on any atom is -0.383 e. The molecule has 5 heteroatoms. The smallest absolute Gasteiger partial charge is 0.137 e. The van der Waals surface area contributed by atoms with E-state index in [9.17, 15) is 0 Å². The standard InChI is InChI=1S/C15H26N4O/c1-4-7-13-17-14(16)11(3)15(18-13)19(5-2)10-12-8-6-9-20-12/h12H,4-10H2,1-3H3,(H2,16,17,18). The Morgan fingerprint density at radius 2 is 2.15 bits per heavy atom. The molecule has 0 radical (unpaired) electrons. The molecule has 112 valence electrons. The van der Waals surface area contributed by atoms with Crippen molar-refractivity contribution in [2.24, 2.45) is 0 Å². The predicted molar refractivity (Wildman–Crippen MR) is 82.0 cm³/mol. The van der Waals surface area contributed by atoms with Crippen LogP contribution in [0.5, 0.6) is 0 Å². The second-order valence-corrected chi connectivity index (χ2v) is 5.40. The Bertz CT molecular complexity index is 444. The van der Waals surface area contributed by atoms with Gasteiger partial charge in [0.15, 0.2) is 0 Å². The minimum atomic E-state index is 0.320. The second-order valence-electron chi connectivity index (χ2n) is 5.40. The molecule has 0 amide bonds. The number of nitrogen functional groups attached to an aromatic ring is 1. The topological polar surface area (TPSA) is 64.3 Å². The van der Waals surface area contributed by atoms with Crippen LogP contribution in [-0.2, 0) is 11.2 Å². The maximum atomic E-state index is 6.04. The largest absolute Gasteiger partial charge is 0.383 e. The summed E-state index contributed by atoms with van der Waals surface area (Å²) < 4.78 is 5.74. The van der Waals surface area contributed by atoms with Crippen LogP contribution < -0.4 is 10.6 Å². The van der Waals surface area contributed by atoms with Gasteiger partial charge in [0.1, 0.15) is 17.5 Å². The van der Waals surface area contributed by atoms with Crippen molar-refractivity contribution in [1.82, 2.24) is 9.97 Å². The maximum Gasteiger partial charge on any atom is 0.137 e. The zero-order valence-electron chi connectivity index (χ0n) is 12.9. The Morgan fingerprint density at radius 1 is 1.35 bits per heavy atom. The molecule has 1 saturated heterocycles. The zero-order chi connectivity index (χ0) is 14.5. The Kier molecular flexibility index (Phi) is 5.17. The highest BCUT2D eigenvalue weighted by molar-refractivity contribution is 5.56. The highest BCUT2D eigenvalue weighted by atomic mass is 16.5. The number of hydrogen-bond acceptors (Lipinski definition) is 5. The van der Waals surface area contributed by atoms with E-state index in [1.807, 2.05) is 6.92 Å². The number of hydrogen-bond donors (Lipinski definition) is 1. The van der Waals surface area contributed by atoms with Gasteiger partial charge in [-0.15, -0.1) is 0 Å². The van der Waals surface area contributed by atoms with E-state index < -0.39 is 0 Å². The number of rotatable bonds is 6. The first-order valence-corrected chi connectivity index (χ1v) is 7.65. The number of likely N-dealkylation sites (N-methyl/N-ethyl adjacent to an activating group) is 1. The molecule has 2 N–H and O–H groups in total. The van der Waals surface area contributed by atoms with Crippen molar-refractivity contribution in [3.63, 3.8) is 0 Å². The van der Waals surface area contributed by atoms with Gasteiger partial charge >= 0.3 is 0 Å². The minimum absolute atomic E-state index is 0.320. The number of anilines is 2. The first-order valence-electron chi connectivity index (χ1n) is 7.65. The molecule has 1 aromatic heterocycles. The van der Waals surface area contributed by atoms with Gasteiger partial charge in [-0.25, -0.2) is 9.97 Å². The molecule has 2 heterocycles. The summed E-state index contributed by atoms with van der Waals surface area (Å²) in [5.41, 5.74) is 7.02. The quantitative estimate of drug-likeness (QED) is 0.865. The molecule has 5 nitrogen and oxygen atoms in total. The average molecular weight is 278 g/mol. The van der Waals surface area contributed by atoms with Crippen LogP contribution in [0.4, 0.5) is 11.6 Å². The molecule has 1 atom stereocenters. The number of aryl methyl sites for hydroxylation is 1. The van der Waals surface area contributed by atoms with Crippen molar-refractivity contribution >= 4 is 11.6 Å². The van der Waals surface area contributed by atoms with Crippen LogP contribution in [0.25, 0.3) is 0 Å². The molecule has 0 saturated carbocycles. The van der Waals surface area contributed by atoms with E-state index in [4.69, 9.17) is 15.5 Å². The summed E-state index contributed by atoms with van der Waals surface area (Å²) in [7, 11) is 0. The zero-order valence-corrected chi connectivity index (χ0v) is 12.9. The molecule has 0 bridgehead atoms. The molecule has 0 aliphatic carbocycles. The third-order valence-corrected chi connectivity index (χ3v) is 3.81. The third kappa shape index (κ3) is 3.39. The van der Waals surface area contributed by atoms with Gasteiger partial charge < -0.3 is 15.4 Å². The van der Waals surface area contributed by atoms with Gasteiger partial charge in [-0.2, -0.15) is 0 Å². The van der Waals surface area contributed by atoms with E-state index in [1.165, 1.54) is 0 Å². The average Bonchev–Trinajstić information content (AvgIpc) is 2.93. The molecule has 1 fully saturated rings. The maximum absolute atomic E-state index is 6.04. The second kappa shape index (κ2) is 6.88. The molecule has 0 spiro atoms. The van der Waals surface area contributed by atoms with Crippen LogP contribution >= 0.6 is 0 Å². The van der Waals surface area contributed by atoms with Crippen LogP contribution in [0.3, 0.4) is 0 Å². The molecule has 20 heavy (non-hydrogen) atoms. The van der Waals surface area contributed by atoms with Crippen molar-refractivity contribution < 1.29 is 4.74 Å². The molecule has 1 aromatic rings. The lowest BCUT2D eigenvalue weighted by Gasteiger charge is -2.27. The Morgan fingerprint density at radius 3 is 2.75 bits per heavy atom. The lowest BCUT2D eigenvalue weighted by molar-refractivity contribution is 0.115. The molecule has 0 aromatic carbocycles. The van der Waals surface area contributed by atoms with Gasteiger partial charge in [-0.3, -0.25) is 0 Å². The van der Waals surface area contributed by atoms with Gasteiger partial charge in [0.05, 0.1) is 6.10 Å². The van der Waals surface area contributed by atoms with Crippen molar-refractivity contribution in [1.29, 1.82) is 0 Å². The normalized spacial score (nSPS) is 18.4. The summed E-state index contributed by atoms with van der Waals surface area (Å²) in [6.07, 6.45) is 4.51. The highest BCUT2D eigenvalue weighted by Crippen LogP contribution is 2.24. The molecule has 2 rings (SSSR count). The van der Waals surface area contributed by atoms with Crippen LogP contribution in [0.1, 0.15) is 44.5 Å². The SMILES string of the molecule is CCCc1nc(N)c(C)c(N(CC)CC2CCCO2)n1. The summed E-state index contributed by atoms with van der Waals surface area (Å²) >= 11 is 0. The van der Waals surface area contributed by atoms with Gasteiger partial charge in [0.25, 0.3) is 0 Å². The summed E-state index contributed by atoms with van der Waals surface area (Å²) in [6.45, 7) is 8.95. The lowest BCUT2D eigenvalue weighted by Crippen LogP contribution is -2.33. The van der Waals surface area contributed by atoms with E-state index in [0.29, 0.717) is 11.9 Å². The summed E-state index contributed by atoms with van der Waals surface area (Å²) in [4.78, 5) is 11.4. The fourth-order valence-electron chi connectivity index (χ4n) is 2.61. The van der Waals surface area contributed by atoms with E-state index in [0.717, 1.165) is 62.6 Å². The van der Waals surface area contributed by atoms with Crippen molar-refractivity contribution in [3.8, 4) is 0 Å². The van der Waals surface area contributed by atoms with Gasteiger partial charge in [0.2, 0.25) is 0 Å². The first kappa shape index (κ1) is 15.0. The summed E-state index contributed by atoms with van der Waals surface area (Å²) in [5, 5.41) is 0. The van der Waals surface area contributed by atoms with Gasteiger partial charge in [0, 0.05) is 31.7 Å². The molecule has 1 aliphatic rings. The number of aromatic nitrogens is 2. The van der Waals surface area contributed by atoms with Crippen LogP contribution in [0, 0.1) is 6.92 Å². The van der Waals surface area contributed by atoms with Crippen molar-refractivity contribution in [2.75, 3.05) is 30.3 Å². The lowest BCUT2D eigenvalue weighted by atomic mass is 10.2. The van der Waals surface area contributed by atoms with E-state index in [2.05, 4.69) is 23.7 Å². The number of ether oxygens (including phenoxy) is 1. The number of nitrogens with two attached hydrogens (primary N) is 1. The van der Waals surface area contributed by atoms with Gasteiger partial charge in [-0.1, -0.05) is 6.92 Å². The number of nitrogens with zero attached hydrogens (tertiary/aromatic N) is 3. The summed E-state index contributed by atoms with van der Waals surface area (Å²) in [6, 6.07) is 0. The molecular weight excluding hydrogens is 252 g/mol. The first-order chi connectivity index (χ1) is 9.65. The Balaban J connectivity index is 2.22. The Hall–Kier alpha value is -1.36.